The lowest BCUT2D eigenvalue weighted by Crippen LogP contribution is -2.02. The summed E-state index contributed by atoms with van der Waals surface area (Å²) in [7, 11) is 0. The minimum Gasteiger partial charge on any atom is -0.0984 e. The molecule has 0 amide bonds. The fourth-order valence-electron chi connectivity index (χ4n) is 2.47. The Balaban J connectivity index is 2.16. The molecule has 1 aliphatic rings. The van der Waals surface area contributed by atoms with Crippen LogP contribution in [0.1, 0.15) is 27.8 Å². The first-order chi connectivity index (χ1) is 8.85. The lowest BCUT2D eigenvalue weighted by Gasteiger charge is -2.22. The van der Waals surface area contributed by atoms with E-state index < -0.39 is 0 Å². The molecule has 0 heteroatoms. The summed E-state index contributed by atoms with van der Waals surface area (Å²) in [5.74, 6) is 0. The van der Waals surface area contributed by atoms with Crippen molar-refractivity contribution in [1.82, 2.24) is 0 Å². The van der Waals surface area contributed by atoms with Crippen LogP contribution in [0.3, 0.4) is 0 Å². The van der Waals surface area contributed by atoms with E-state index in [-0.39, 0.29) is 0 Å². The van der Waals surface area contributed by atoms with Gasteiger partial charge in [-0.25, -0.2) is 0 Å². The summed E-state index contributed by atoms with van der Waals surface area (Å²) >= 11 is 0. The zero-order chi connectivity index (χ0) is 12.5. The van der Waals surface area contributed by atoms with Gasteiger partial charge >= 0.3 is 0 Å². The Morgan fingerprint density at radius 1 is 0.778 bits per heavy atom. The molecule has 0 aromatic heterocycles. The van der Waals surface area contributed by atoms with Gasteiger partial charge in [-0.05, 0) is 39.5 Å². The quantitative estimate of drug-likeness (QED) is 0.602. The molecule has 0 spiro atoms. The summed E-state index contributed by atoms with van der Waals surface area (Å²) in [6.45, 7) is 7.78. The monoisotopic (exact) mass is 230 g/mol. The highest BCUT2D eigenvalue weighted by atomic mass is 14.2. The van der Waals surface area contributed by atoms with Crippen molar-refractivity contribution in [3.8, 4) is 0 Å². The largest absolute Gasteiger partial charge is 0.0984 e. The van der Waals surface area contributed by atoms with Crippen LogP contribution in [0.2, 0.25) is 0 Å². The maximum atomic E-state index is 3.92. The first-order valence-corrected chi connectivity index (χ1v) is 6.04. The Hall–Kier alpha value is -2.34. The van der Waals surface area contributed by atoms with E-state index in [0.29, 0.717) is 0 Å². The lowest BCUT2D eigenvalue weighted by atomic mass is 9.81. The fourth-order valence-corrected chi connectivity index (χ4v) is 2.47. The Morgan fingerprint density at radius 3 is 2.28 bits per heavy atom. The van der Waals surface area contributed by atoms with E-state index in [0.717, 1.165) is 11.1 Å². The van der Waals surface area contributed by atoms with E-state index in [2.05, 4.69) is 61.7 Å². The number of hydrogen-bond acceptors (Lipinski definition) is 0. The van der Waals surface area contributed by atoms with Crippen LogP contribution in [0.15, 0.2) is 55.6 Å². The highest BCUT2D eigenvalue weighted by molar-refractivity contribution is 6.04. The predicted octanol–water partition coefficient (Wildman–Crippen LogP) is 4.87. The number of fused-ring (bicyclic) bond motifs is 1. The van der Waals surface area contributed by atoms with Gasteiger partial charge in [-0.3, -0.25) is 0 Å². The third-order valence-corrected chi connectivity index (χ3v) is 3.40. The third-order valence-electron chi connectivity index (χ3n) is 3.40. The van der Waals surface area contributed by atoms with Gasteiger partial charge in [-0.1, -0.05) is 67.8 Å². The molecule has 0 fully saturated rings. The molecule has 0 bridgehead atoms. The molecule has 0 atom stereocenters. The summed E-state index contributed by atoms with van der Waals surface area (Å²) in [4.78, 5) is 0. The van der Waals surface area contributed by atoms with Gasteiger partial charge in [-0.2, -0.15) is 0 Å². The van der Waals surface area contributed by atoms with Crippen LogP contribution in [0.5, 0.6) is 0 Å². The van der Waals surface area contributed by atoms with Gasteiger partial charge in [0.2, 0.25) is 0 Å². The summed E-state index contributed by atoms with van der Waals surface area (Å²) in [6.07, 6.45) is 6.02. The molecule has 2 aromatic rings. The van der Waals surface area contributed by atoms with Crippen molar-refractivity contribution in [3.05, 3.63) is 83.4 Å². The molecular weight excluding hydrogens is 216 g/mol. The molecule has 0 saturated carbocycles. The van der Waals surface area contributed by atoms with Crippen LogP contribution in [0.25, 0.3) is 23.8 Å². The molecule has 1 aliphatic carbocycles. The summed E-state index contributed by atoms with van der Waals surface area (Å²) in [6, 6.07) is 14.7. The van der Waals surface area contributed by atoms with Gasteiger partial charge in [0, 0.05) is 0 Å². The van der Waals surface area contributed by atoms with Gasteiger partial charge in [0.25, 0.3) is 0 Å². The van der Waals surface area contributed by atoms with Crippen molar-refractivity contribution in [3.63, 3.8) is 0 Å². The Bertz CT molecular complexity index is 672. The van der Waals surface area contributed by atoms with Gasteiger partial charge in [0.15, 0.2) is 0 Å². The minimum absolute atomic E-state index is 1.13. The Morgan fingerprint density at radius 2 is 1.56 bits per heavy atom. The van der Waals surface area contributed by atoms with Crippen molar-refractivity contribution in [1.29, 1.82) is 0 Å². The van der Waals surface area contributed by atoms with Gasteiger partial charge in [0.05, 0.1) is 0 Å². The summed E-state index contributed by atoms with van der Waals surface area (Å²) in [5, 5.41) is 0. The van der Waals surface area contributed by atoms with Gasteiger partial charge in [-0.15, -0.1) is 0 Å². The average Bonchev–Trinajstić information content (AvgIpc) is 2.39. The maximum Gasteiger partial charge on any atom is -0.00930 e. The van der Waals surface area contributed by atoms with E-state index >= 15 is 0 Å². The van der Waals surface area contributed by atoms with E-state index in [1.54, 1.807) is 0 Å². The number of hydrogen-bond donors (Lipinski definition) is 0. The number of rotatable bonds is 3. The zero-order valence-electron chi connectivity index (χ0n) is 10.2. The molecule has 3 rings (SSSR count). The SMILES string of the molecule is C=Cc1cccc(C2=Cc3ccccc32)c1C=C. The van der Waals surface area contributed by atoms with Crippen molar-refractivity contribution >= 4 is 23.8 Å². The van der Waals surface area contributed by atoms with Gasteiger partial charge < -0.3 is 0 Å². The highest BCUT2D eigenvalue weighted by Gasteiger charge is 2.19. The van der Waals surface area contributed by atoms with E-state index in [9.17, 15) is 0 Å². The molecule has 0 aliphatic heterocycles. The molecule has 86 valence electrons. The predicted molar refractivity (Wildman–Crippen MR) is 80.0 cm³/mol. The molecule has 2 aromatic carbocycles. The van der Waals surface area contributed by atoms with E-state index in [1.807, 2.05) is 12.2 Å². The van der Waals surface area contributed by atoms with Crippen LogP contribution in [-0.4, -0.2) is 0 Å². The highest BCUT2D eigenvalue weighted by Crippen LogP contribution is 2.39. The zero-order valence-corrected chi connectivity index (χ0v) is 10.2. The molecule has 0 saturated heterocycles. The molecule has 18 heavy (non-hydrogen) atoms. The van der Waals surface area contributed by atoms with Crippen molar-refractivity contribution in [2.75, 3.05) is 0 Å². The molecule has 0 heterocycles. The second kappa shape index (κ2) is 4.15. The molecule has 0 N–H and O–H groups in total. The number of benzene rings is 2. The topological polar surface area (TPSA) is 0 Å². The van der Waals surface area contributed by atoms with Crippen molar-refractivity contribution < 1.29 is 0 Å². The van der Waals surface area contributed by atoms with Crippen LogP contribution < -0.4 is 0 Å². The van der Waals surface area contributed by atoms with Crippen molar-refractivity contribution in [2.45, 2.75) is 0 Å². The smallest absolute Gasteiger partial charge is 0.00930 e. The summed E-state index contributed by atoms with van der Waals surface area (Å²) < 4.78 is 0. The van der Waals surface area contributed by atoms with Crippen LogP contribution >= 0.6 is 0 Å². The first kappa shape index (κ1) is 10.8. The maximum absolute atomic E-state index is 3.92. The average molecular weight is 230 g/mol. The second-order valence-corrected chi connectivity index (χ2v) is 4.36. The minimum atomic E-state index is 1.13. The normalized spacial score (nSPS) is 12.1. The standard InChI is InChI=1S/C18H14/c1-3-13-9-7-11-17(15(13)4-2)18-12-14-8-5-6-10-16(14)18/h3-12H,1-2H2. The summed E-state index contributed by atoms with van der Waals surface area (Å²) in [5.41, 5.74) is 7.46. The van der Waals surface area contributed by atoms with Crippen LogP contribution in [0.4, 0.5) is 0 Å². The third kappa shape index (κ3) is 1.46. The fraction of sp³-hybridized carbons (Fsp3) is 0. The molecule has 0 nitrogen and oxygen atoms in total. The van der Waals surface area contributed by atoms with E-state index in [4.69, 9.17) is 0 Å². The molecular formula is C18H14. The Labute approximate surface area is 108 Å². The second-order valence-electron chi connectivity index (χ2n) is 4.36. The Kier molecular flexibility index (Phi) is 2.49. The molecule has 0 unspecified atom stereocenters. The lowest BCUT2D eigenvalue weighted by molar-refractivity contribution is 1.46. The van der Waals surface area contributed by atoms with Crippen LogP contribution in [-0.2, 0) is 0 Å². The van der Waals surface area contributed by atoms with Crippen molar-refractivity contribution in [2.24, 2.45) is 0 Å². The van der Waals surface area contributed by atoms with E-state index in [1.165, 1.54) is 22.3 Å². The molecule has 0 radical (unpaired) electrons. The van der Waals surface area contributed by atoms with Crippen LogP contribution in [0, 0.1) is 0 Å². The first-order valence-electron chi connectivity index (χ1n) is 6.04. The van der Waals surface area contributed by atoms with Gasteiger partial charge in [0.1, 0.15) is 0 Å².